The SMILES string of the molecule is CO.COC(=O)[C@H]1OC(=O)[C@@H]2[C@]3(C)C(=O)[C@@H](C=C4[C@@H]5CC(=O)O[C@@H](c6ccoc6)[C@]5(C)CC[C@@H]43)[C@@H](OC(=O)c3cccnc3)[C@@]12C. The number of fused-ring (bicyclic) bond motifs is 8. The largest absolute Gasteiger partial charge is 0.472 e. The molecule has 2 saturated heterocycles. The van der Waals surface area contributed by atoms with Gasteiger partial charge in [0, 0.05) is 35.9 Å². The Morgan fingerprint density at radius 3 is 2.48 bits per heavy atom. The van der Waals surface area contributed by atoms with Gasteiger partial charge in [-0.1, -0.05) is 32.4 Å². The molecule has 2 aromatic heterocycles. The van der Waals surface area contributed by atoms with Crippen LogP contribution in [0.25, 0.3) is 0 Å². The van der Waals surface area contributed by atoms with Crippen LogP contribution in [0.5, 0.6) is 0 Å². The number of carbonyl (C=O) groups is 5. The first-order chi connectivity index (χ1) is 22.0. The lowest BCUT2D eigenvalue weighted by Crippen LogP contribution is -2.69. The minimum atomic E-state index is -1.43. The Morgan fingerprint density at radius 1 is 1.07 bits per heavy atom. The molecule has 2 aliphatic heterocycles. The number of cyclic esters (lactones) is 2. The van der Waals surface area contributed by atoms with Crippen molar-refractivity contribution in [2.45, 2.75) is 58.3 Å². The highest BCUT2D eigenvalue weighted by molar-refractivity contribution is 6.00. The molecule has 1 N–H and O–H groups in total. The fraction of sp³-hybridized carbons (Fsp3) is 0.529. The van der Waals surface area contributed by atoms with Crippen molar-refractivity contribution in [1.82, 2.24) is 4.98 Å². The normalized spacial score (nSPS) is 38.8. The fourth-order valence-corrected chi connectivity index (χ4v) is 9.28. The molecule has 5 aliphatic rings. The maximum absolute atomic E-state index is 14.6. The van der Waals surface area contributed by atoms with Crippen LogP contribution in [0.3, 0.4) is 0 Å². The van der Waals surface area contributed by atoms with Gasteiger partial charge >= 0.3 is 23.9 Å². The summed E-state index contributed by atoms with van der Waals surface area (Å²) >= 11 is 0. The highest BCUT2D eigenvalue weighted by atomic mass is 16.6. The van der Waals surface area contributed by atoms with Gasteiger partial charge in [0.2, 0.25) is 6.10 Å². The first kappa shape index (κ1) is 31.7. The van der Waals surface area contributed by atoms with Crippen LogP contribution in [0.4, 0.5) is 0 Å². The number of carbonyl (C=O) groups excluding carboxylic acids is 5. The van der Waals surface area contributed by atoms with Gasteiger partial charge in [-0.3, -0.25) is 19.4 Å². The first-order valence-electron chi connectivity index (χ1n) is 15.3. The number of hydrogen-bond donors (Lipinski definition) is 1. The Kier molecular flexibility index (Phi) is 7.70. The van der Waals surface area contributed by atoms with Crippen molar-refractivity contribution in [3.05, 3.63) is 65.9 Å². The van der Waals surface area contributed by atoms with Gasteiger partial charge in [-0.15, -0.1) is 0 Å². The molecule has 3 aliphatic carbocycles. The summed E-state index contributed by atoms with van der Waals surface area (Å²) in [7, 11) is 2.19. The zero-order chi connectivity index (χ0) is 33.2. The lowest BCUT2D eigenvalue weighted by Gasteiger charge is -2.62. The van der Waals surface area contributed by atoms with E-state index in [0.29, 0.717) is 12.8 Å². The Labute approximate surface area is 265 Å². The van der Waals surface area contributed by atoms with Crippen LogP contribution in [0.2, 0.25) is 0 Å². The number of rotatable bonds is 4. The minimum Gasteiger partial charge on any atom is -0.472 e. The quantitative estimate of drug-likeness (QED) is 0.296. The third-order valence-electron chi connectivity index (χ3n) is 11.3. The second-order valence-corrected chi connectivity index (χ2v) is 13.3. The molecule has 4 fully saturated rings. The molecule has 12 nitrogen and oxygen atoms in total. The van der Waals surface area contributed by atoms with Gasteiger partial charge in [0.15, 0.2) is 5.78 Å². The van der Waals surface area contributed by atoms with Gasteiger partial charge in [-0.2, -0.15) is 0 Å². The van der Waals surface area contributed by atoms with E-state index in [1.165, 1.54) is 31.8 Å². The number of aromatic nitrogens is 1. The van der Waals surface area contributed by atoms with E-state index in [-0.39, 0.29) is 29.7 Å². The predicted molar refractivity (Wildman–Crippen MR) is 156 cm³/mol. The summed E-state index contributed by atoms with van der Waals surface area (Å²) in [5.41, 5.74) is -1.48. The van der Waals surface area contributed by atoms with Crippen LogP contribution < -0.4 is 0 Å². The van der Waals surface area contributed by atoms with E-state index in [2.05, 4.69) is 11.9 Å². The molecule has 7 rings (SSSR count). The highest BCUT2D eigenvalue weighted by Gasteiger charge is 2.77. The second kappa shape index (κ2) is 11.2. The van der Waals surface area contributed by atoms with E-state index in [9.17, 15) is 24.0 Å². The first-order valence-corrected chi connectivity index (χ1v) is 15.3. The molecular weight excluding hydrogens is 598 g/mol. The average molecular weight is 636 g/mol. The molecule has 2 saturated carbocycles. The number of furan rings is 1. The molecule has 0 amide bonds. The number of esters is 4. The number of ketones is 1. The standard InChI is InChI=1S/C33H33NO10.CH4O/c1-31-9-7-20-18(21(31)13-22(35)42-25(31)17-8-11-41-15-17)12-19-24(36)32(20,2)23-29(38)44-27(30(39)40-4)33(23,3)26(19)43-28(37)16-6-5-10-34-14-16;1-2/h5-6,8,10-12,14-15,19-21,23,25-27H,7,9,13H2,1-4H3;2H,1H3/t19-,20+,21+,23-,25+,26-,27-,31-,32-,33+;/m1./s1. The molecule has 0 unspecified atom stereocenters. The van der Waals surface area contributed by atoms with Crippen molar-refractivity contribution in [3.63, 3.8) is 0 Å². The zero-order valence-electron chi connectivity index (χ0n) is 26.3. The Morgan fingerprint density at radius 2 is 1.83 bits per heavy atom. The number of pyridine rings is 1. The number of nitrogens with zero attached hydrogens (tertiary/aromatic N) is 1. The van der Waals surface area contributed by atoms with E-state index >= 15 is 0 Å². The van der Waals surface area contributed by atoms with Gasteiger partial charge in [0.1, 0.15) is 12.2 Å². The van der Waals surface area contributed by atoms with Crippen molar-refractivity contribution in [3.8, 4) is 0 Å². The van der Waals surface area contributed by atoms with E-state index in [4.69, 9.17) is 28.5 Å². The lowest BCUT2D eigenvalue weighted by molar-refractivity contribution is -0.190. The van der Waals surface area contributed by atoms with Crippen molar-refractivity contribution >= 4 is 29.7 Å². The molecule has 4 heterocycles. The maximum atomic E-state index is 14.6. The molecule has 0 spiro atoms. The third-order valence-corrected chi connectivity index (χ3v) is 11.3. The molecule has 46 heavy (non-hydrogen) atoms. The Balaban J connectivity index is 0.00000182. The summed E-state index contributed by atoms with van der Waals surface area (Å²) in [6.45, 7) is 5.51. The number of aliphatic hydroxyl groups excluding tert-OH is 1. The van der Waals surface area contributed by atoms with Gasteiger partial charge < -0.3 is 28.5 Å². The van der Waals surface area contributed by atoms with Crippen LogP contribution in [-0.2, 0) is 38.1 Å². The van der Waals surface area contributed by atoms with Gasteiger partial charge in [-0.05, 0) is 42.9 Å². The highest BCUT2D eigenvalue weighted by Crippen LogP contribution is 2.69. The summed E-state index contributed by atoms with van der Waals surface area (Å²) in [5, 5.41) is 7.00. The Bertz CT molecular complexity index is 1600. The number of ether oxygens (including phenoxy) is 4. The van der Waals surface area contributed by atoms with Gasteiger partial charge in [0.25, 0.3) is 0 Å². The summed E-state index contributed by atoms with van der Waals surface area (Å²) in [6, 6.07) is 4.90. The van der Waals surface area contributed by atoms with Crippen LogP contribution in [-0.4, -0.2) is 66.2 Å². The molecule has 10 atom stereocenters. The maximum Gasteiger partial charge on any atom is 0.347 e. The summed E-state index contributed by atoms with van der Waals surface area (Å²) in [6.07, 6.45) is 5.83. The number of aliphatic hydroxyl groups is 1. The number of methoxy groups -OCH3 is 1. The van der Waals surface area contributed by atoms with Gasteiger partial charge in [-0.25, -0.2) is 9.59 Å². The molecule has 0 aromatic carbocycles. The van der Waals surface area contributed by atoms with Gasteiger partial charge in [0.05, 0.1) is 48.9 Å². The van der Waals surface area contributed by atoms with E-state index in [0.717, 1.165) is 18.2 Å². The predicted octanol–water partition coefficient (Wildman–Crippen LogP) is 3.40. The Hall–Kier alpha value is -4.32. The third kappa shape index (κ3) is 4.21. The van der Waals surface area contributed by atoms with Crippen LogP contribution in [0.1, 0.15) is 62.1 Å². The topological polar surface area (TPSA) is 169 Å². The molecule has 0 radical (unpaired) electrons. The summed E-state index contributed by atoms with van der Waals surface area (Å²) in [5.74, 6) is -5.74. The minimum absolute atomic E-state index is 0.0987. The van der Waals surface area contributed by atoms with Crippen molar-refractivity contribution in [2.75, 3.05) is 14.2 Å². The van der Waals surface area contributed by atoms with Crippen molar-refractivity contribution < 1.29 is 52.4 Å². The molecule has 12 heteroatoms. The van der Waals surface area contributed by atoms with E-state index < -0.39 is 70.2 Å². The summed E-state index contributed by atoms with van der Waals surface area (Å²) < 4.78 is 28.1. The average Bonchev–Trinajstić information content (AvgIpc) is 3.68. The van der Waals surface area contributed by atoms with E-state index in [1.54, 1.807) is 32.2 Å². The zero-order valence-corrected chi connectivity index (χ0v) is 26.3. The molecular formula is C34H37NO11. The second-order valence-electron chi connectivity index (χ2n) is 13.3. The molecule has 244 valence electrons. The number of Topliss-reactive ketones (excluding diaryl/α,β-unsaturated/α-hetero) is 1. The number of hydrogen-bond acceptors (Lipinski definition) is 12. The fourth-order valence-electron chi connectivity index (χ4n) is 9.28. The van der Waals surface area contributed by atoms with Crippen molar-refractivity contribution in [2.24, 2.45) is 39.9 Å². The molecule has 2 aromatic rings. The van der Waals surface area contributed by atoms with Crippen LogP contribution in [0.15, 0.2) is 59.2 Å². The summed E-state index contributed by atoms with van der Waals surface area (Å²) in [4.78, 5) is 72.1. The van der Waals surface area contributed by atoms with Crippen LogP contribution in [0, 0.1) is 39.9 Å². The monoisotopic (exact) mass is 635 g/mol. The van der Waals surface area contributed by atoms with E-state index in [1.807, 2.05) is 6.08 Å². The van der Waals surface area contributed by atoms with Crippen LogP contribution >= 0.6 is 0 Å². The lowest BCUT2D eigenvalue weighted by atomic mass is 9.40. The van der Waals surface area contributed by atoms with Crippen molar-refractivity contribution in [1.29, 1.82) is 0 Å². The number of allylic oxidation sites excluding steroid dienone is 1. The molecule has 2 bridgehead atoms. The smallest absolute Gasteiger partial charge is 0.347 e.